The number of carbonyl (C=O) groups excluding carboxylic acids is 1. The average molecular weight is 282 g/mol. The highest BCUT2D eigenvalue weighted by atomic mass is 16.1. The first-order valence-electron chi connectivity index (χ1n) is 7.33. The zero-order valence-corrected chi connectivity index (χ0v) is 12.0. The van der Waals surface area contributed by atoms with Crippen molar-refractivity contribution in [1.29, 1.82) is 0 Å². The van der Waals surface area contributed by atoms with Crippen LogP contribution in [-0.2, 0) is 0 Å². The third-order valence-corrected chi connectivity index (χ3v) is 3.98. The summed E-state index contributed by atoms with van der Waals surface area (Å²) in [6.45, 7) is 0. The van der Waals surface area contributed by atoms with Gasteiger partial charge in [0, 0.05) is 11.1 Å². The van der Waals surface area contributed by atoms with E-state index in [1.54, 1.807) is 0 Å². The Labute approximate surface area is 129 Å². The van der Waals surface area contributed by atoms with Crippen LogP contribution in [0.15, 0.2) is 84.9 Å². The Hall–Kier alpha value is -2.93. The monoisotopic (exact) mass is 282 g/mol. The van der Waals surface area contributed by atoms with Crippen molar-refractivity contribution < 1.29 is 4.79 Å². The van der Waals surface area contributed by atoms with Crippen LogP contribution < -0.4 is 0 Å². The summed E-state index contributed by atoms with van der Waals surface area (Å²) in [7, 11) is 0. The molecule has 0 aromatic rings. The van der Waals surface area contributed by atoms with Crippen molar-refractivity contribution in [3.05, 3.63) is 96.1 Å². The maximum absolute atomic E-state index is 12.7. The summed E-state index contributed by atoms with van der Waals surface area (Å²) >= 11 is 0. The fraction of sp³-hybridized carbons (Fsp3) is 0. The molecule has 1 nitrogen and oxygen atoms in total. The molecule has 0 atom stereocenters. The van der Waals surface area contributed by atoms with Gasteiger partial charge in [-0.1, -0.05) is 60.7 Å². The smallest absolute Gasteiger partial charge is 0.193 e. The molecular weight excluding hydrogens is 268 g/mol. The Kier molecular flexibility index (Phi) is 2.97. The Balaban J connectivity index is 1.80. The van der Waals surface area contributed by atoms with E-state index in [2.05, 4.69) is 0 Å². The molecule has 0 radical (unpaired) electrons. The highest BCUT2D eigenvalue weighted by molar-refractivity contribution is 6.12. The van der Waals surface area contributed by atoms with Gasteiger partial charge in [0.25, 0.3) is 0 Å². The topological polar surface area (TPSA) is 17.1 Å². The highest BCUT2D eigenvalue weighted by Gasteiger charge is 2.16. The minimum Gasteiger partial charge on any atom is -0.289 e. The molecular formula is C21H14O. The van der Waals surface area contributed by atoms with Crippen molar-refractivity contribution in [3.8, 4) is 22.3 Å². The predicted molar refractivity (Wildman–Crippen MR) is 89.6 cm³/mol. The fourth-order valence-electron chi connectivity index (χ4n) is 2.86. The summed E-state index contributed by atoms with van der Waals surface area (Å²) in [5, 5.41) is 0. The van der Waals surface area contributed by atoms with Crippen LogP contribution in [0, 0.1) is 0 Å². The molecule has 4 rings (SSSR count). The number of rotatable bonds is 2. The predicted octanol–water partition coefficient (Wildman–Crippen LogP) is 5.13. The van der Waals surface area contributed by atoms with Crippen LogP contribution in [0.25, 0.3) is 22.3 Å². The number of hydrogen-bond donors (Lipinski definition) is 0. The third-order valence-electron chi connectivity index (χ3n) is 3.98. The molecule has 0 amide bonds. The minimum atomic E-state index is 0.0812. The Bertz CT molecular complexity index is 771. The van der Waals surface area contributed by atoms with Crippen molar-refractivity contribution in [2.75, 3.05) is 0 Å². The summed E-state index contributed by atoms with van der Waals surface area (Å²) in [5.74, 6) is 0.0812. The van der Waals surface area contributed by atoms with Crippen LogP contribution in [-0.4, -0.2) is 5.78 Å². The van der Waals surface area contributed by atoms with E-state index in [4.69, 9.17) is 0 Å². The Morgan fingerprint density at radius 3 is 1.14 bits per heavy atom. The number of ketones is 1. The van der Waals surface area contributed by atoms with Crippen molar-refractivity contribution in [2.45, 2.75) is 0 Å². The number of hydrogen-bond acceptors (Lipinski definition) is 1. The lowest BCUT2D eigenvalue weighted by Crippen LogP contribution is -1.96. The SMILES string of the molecule is O=C(c1cc2cccccc-2c1)c1cc2cccccc-2c1. The first-order chi connectivity index (χ1) is 10.8. The van der Waals surface area contributed by atoms with E-state index in [0.29, 0.717) is 0 Å². The number of fused-ring (bicyclic) bond motifs is 2. The minimum absolute atomic E-state index is 0.0812. The van der Waals surface area contributed by atoms with Gasteiger partial charge in [-0.15, -0.1) is 0 Å². The van der Waals surface area contributed by atoms with Crippen LogP contribution >= 0.6 is 0 Å². The van der Waals surface area contributed by atoms with Gasteiger partial charge >= 0.3 is 0 Å². The van der Waals surface area contributed by atoms with E-state index in [0.717, 1.165) is 33.4 Å². The molecule has 1 heteroatoms. The molecule has 0 unspecified atom stereocenters. The van der Waals surface area contributed by atoms with Crippen molar-refractivity contribution in [2.24, 2.45) is 0 Å². The maximum atomic E-state index is 12.7. The van der Waals surface area contributed by atoms with Gasteiger partial charge in [0.2, 0.25) is 0 Å². The van der Waals surface area contributed by atoms with E-state index in [9.17, 15) is 4.79 Å². The van der Waals surface area contributed by atoms with Gasteiger partial charge in [-0.05, 0) is 46.5 Å². The molecule has 0 bridgehead atoms. The lowest BCUT2D eigenvalue weighted by Gasteiger charge is -1.92. The molecule has 4 aliphatic rings. The molecule has 22 heavy (non-hydrogen) atoms. The quantitative estimate of drug-likeness (QED) is 0.466. The molecule has 104 valence electrons. The molecule has 0 saturated carbocycles. The zero-order valence-electron chi connectivity index (χ0n) is 12.0. The zero-order chi connectivity index (χ0) is 14.9. The second-order valence-corrected chi connectivity index (χ2v) is 5.46. The molecule has 0 saturated heterocycles. The second kappa shape index (κ2) is 5.12. The number of carbonyl (C=O) groups is 1. The van der Waals surface area contributed by atoms with Crippen LogP contribution in [0.3, 0.4) is 0 Å². The maximum Gasteiger partial charge on any atom is 0.193 e. The summed E-state index contributed by atoms with van der Waals surface area (Å²) in [5.41, 5.74) is 5.88. The van der Waals surface area contributed by atoms with E-state index < -0.39 is 0 Å². The van der Waals surface area contributed by atoms with Gasteiger partial charge in [0.05, 0.1) is 0 Å². The van der Waals surface area contributed by atoms with Crippen molar-refractivity contribution >= 4 is 5.78 Å². The van der Waals surface area contributed by atoms with Crippen molar-refractivity contribution in [1.82, 2.24) is 0 Å². The molecule has 4 aliphatic carbocycles. The first-order valence-corrected chi connectivity index (χ1v) is 7.33. The van der Waals surface area contributed by atoms with E-state index in [1.807, 2.05) is 84.9 Å². The fourth-order valence-corrected chi connectivity index (χ4v) is 2.86. The third kappa shape index (κ3) is 2.17. The molecule has 0 N–H and O–H groups in total. The van der Waals surface area contributed by atoms with E-state index >= 15 is 0 Å². The van der Waals surface area contributed by atoms with Crippen LogP contribution in [0.4, 0.5) is 0 Å². The summed E-state index contributed by atoms with van der Waals surface area (Å²) < 4.78 is 0. The largest absolute Gasteiger partial charge is 0.289 e. The lowest BCUT2D eigenvalue weighted by atomic mass is 10.1. The van der Waals surface area contributed by atoms with Crippen molar-refractivity contribution in [3.63, 3.8) is 0 Å². The highest BCUT2D eigenvalue weighted by Crippen LogP contribution is 2.30. The first kappa shape index (κ1) is 12.8. The molecule has 0 heterocycles. The van der Waals surface area contributed by atoms with Gasteiger partial charge in [-0.3, -0.25) is 4.79 Å². The Morgan fingerprint density at radius 2 is 0.818 bits per heavy atom. The molecule has 0 aliphatic heterocycles. The van der Waals surface area contributed by atoms with Crippen LogP contribution in [0.2, 0.25) is 0 Å². The lowest BCUT2D eigenvalue weighted by molar-refractivity contribution is 0.103. The Morgan fingerprint density at radius 1 is 0.500 bits per heavy atom. The normalized spacial score (nSPS) is 10.9. The van der Waals surface area contributed by atoms with Gasteiger partial charge in [-0.2, -0.15) is 0 Å². The molecule has 0 fully saturated rings. The van der Waals surface area contributed by atoms with Gasteiger partial charge in [0.15, 0.2) is 5.78 Å². The van der Waals surface area contributed by atoms with Gasteiger partial charge in [0.1, 0.15) is 0 Å². The summed E-state index contributed by atoms with van der Waals surface area (Å²) in [4.78, 5) is 12.7. The van der Waals surface area contributed by atoms with E-state index in [1.165, 1.54) is 0 Å². The van der Waals surface area contributed by atoms with Gasteiger partial charge in [-0.25, -0.2) is 0 Å². The van der Waals surface area contributed by atoms with Gasteiger partial charge < -0.3 is 0 Å². The molecule has 0 aromatic carbocycles. The summed E-state index contributed by atoms with van der Waals surface area (Å²) in [6, 6.07) is 28.0. The van der Waals surface area contributed by atoms with E-state index in [-0.39, 0.29) is 5.78 Å². The molecule has 0 aromatic heterocycles. The molecule has 0 spiro atoms. The second-order valence-electron chi connectivity index (χ2n) is 5.46. The standard InChI is InChI=1S/C21H14O/c22-21(19-11-15-7-3-1-4-8-16(15)12-19)20-13-17-9-5-2-6-10-18(17)14-20/h1-14H. The van der Waals surface area contributed by atoms with Crippen LogP contribution in [0.1, 0.15) is 15.9 Å². The average Bonchev–Trinajstić information content (AvgIpc) is 2.97. The van der Waals surface area contributed by atoms with Crippen LogP contribution in [0.5, 0.6) is 0 Å². The summed E-state index contributed by atoms with van der Waals surface area (Å²) in [6.07, 6.45) is 0.